The summed E-state index contributed by atoms with van der Waals surface area (Å²) in [4.78, 5) is 1.42. The van der Waals surface area contributed by atoms with Gasteiger partial charge in [0.25, 0.3) is 0 Å². The second kappa shape index (κ2) is 5.73. The number of thiophene rings is 1. The Balaban J connectivity index is 2.03. The third-order valence-corrected chi connectivity index (χ3v) is 5.19. The molecule has 0 atom stereocenters. The minimum atomic E-state index is -3.45. The van der Waals surface area contributed by atoms with E-state index in [0.717, 1.165) is 10.4 Å². The first-order chi connectivity index (χ1) is 8.99. The van der Waals surface area contributed by atoms with E-state index < -0.39 is 10.0 Å². The van der Waals surface area contributed by atoms with Crippen LogP contribution in [0.4, 0.5) is 5.69 Å². The molecule has 1 heterocycles. The fourth-order valence-electron chi connectivity index (χ4n) is 1.66. The van der Waals surface area contributed by atoms with Crippen LogP contribution in [-0.4, -0.2) is 15.0 Å². The van der Waals surface area contributed by atoms with Gasteiger partial charge in [0, 0.05) is 17.1 Å². The van der Waals surface area contributed by atoms with E-state index in [0.29, 0.717) is 18.7 Å². The van der Waals surface area contributed by atoms with Gasteiger partial charge < -0.3 is 5.73 Å². The highest BCUT2D eigenvalue weighted by Crippen LogP contribution is 2.16. The van der Waals surface area contributed by atoms with Crippen molar-refractivity contribution < 1.29 is 8.42 Å². The first-order valence-electron chi connectivity index (χ1n) is 5.87. The van der Waals surface area contributed by atoms with E-state index in [9.17, 15) is 8.42 Å². The highest BCUT2D eigenvalue weighted by molar-refractivity contribution is 7.89. The maximum Gasteiger partial charge on any atom is 0.240 e. The number of hydrogen-bond acceptors (Lipinski definition) is 4. The lowest BCUT2D eigenvalue weighted by molar-refractivity contribution is 0.582. The molecule has 0 aliphatic rings. The van der Waals surface area contributed by atoms with Crippen LogP contribution in [0.25, 0.3) is 0 Å². The van der Waals surface area contributed by atoms with Crippen LogP contribution >= 0.6 is 11.3 Å². The Bertz CT molecular complexity index is 649. The molecule has 0 bridgehead atoms. The van der Waals surface area contributed by atoms with Gasteiger partial charge in [-0.15, -0.1) is 11.3 Å². The summed E-state index contributed by atoms with van der Waals surface area (Å²) in [6, 6.07) is 8.67. The normalized spacial score (nSPS) is 11.6. The molecule has 19 heavy (non-hydrogen) atoms. The van der Waals surface area contributed by atoms with Gasteiger partial charge in [-0.05, 0) is 48.6 Å². The summed E-state index contributed by atoms with van der Waals surface area (Å²) in [7, 11) is -3.45. The predicted octanol–water partition coefficient (Wildman–Crippen LogP) is 2.16. The first kappa shape index (κ1) is 14.0. The van der Waals surface area contributed by atoms with Crippen LogP contribution in [0.3, 0.4) is 0 Å². The van der Waals surface area contributed by atoms with Crippen LogP contribution in [0.5, 0.6) is 0 Å². The fourth-order valence-corrected chi connectivity index (χ4v) is 3.49. The third-order valence-electron chi connectivity index (χ3n) is 2.80. The summed E-state index contributed by atoms with van der Waals surface area (Å²) in [6.07, 6.45) is 0.699. The zero-order valence-electron chi connectivity index (χ0n) is 10.6. The van der Waals surface area contributed by atoms with E-state index in [4.69, 9.17) is 5.73 Å². The van der Waals surface area contributed by atoms with Crippen LogP contribution in [0.1, 0.15) is 10.4 Å². The Hall–Kier alpha value is -1.37. The molecule has 2 aromatic rings. The second-order valence-electron chi connectivity index (χ2n) is 4.25. The lowest BCUT2D eigenvalue weighted by Crippen LogP contribution is -2.25. The molecular weight excluding hydrogens is 280 g/mol. The molecule has 3 N–H and O–H groups in total. The Morgan fingerprint density at radius 2 is 2.11 bits per heavy atom. The highest BCUT2D eigenvalue weighted by atomic mass is 32.2. The maximum absolute atomic E-state index is 12.1. The van der Waals surface area contributed by atoms with E-state index in [1.165, 1.54) is 6.07 Å². The number of sulfonamides is 1. The zero-order valence-corrected chi connectivity index (χ0v) is 12.2. The molecule has 0 fully saturated rings. The number of rotatable bonds is 5. The lowest BCUT2D eigenvalue weighted by Gasteiger charge is -2.08. The monoisotopic (exact) mass is 296 g/mol. The Morgan fingerprint density at radius 3 is 2.74 bits per heavy atom. The Morgan fingerprint density at radius 1 is 1.32 bits per heavy atom. The molecule has 0 aliphatic heterocycles. The average molecular weight is 296 g/mol. The Kier molecular flexibility index (Phi) is 4.24. The van der Waals surface area contributed by atoms with Gasteiger partial charge in [-0.1, -0.05) is 6.07 Å². The topological polar surface area (TPSA) is 72.2 Å². The Labute approximate surface area is 117 Å². The van der Waals surface area contributed by atoms with E-state index in [1.807, 2.05) is 17.5 Å². The molecular formula is C13H16N2O2S2. The molecule has 2 rings (SSSR count). The van der Waals surface area contributed by atoms with E-state index >= 15 is 0 Å². The van der Waals surface area contributed by atoms with Gasteiger partial charge in [-0.25, -0.2) is 13.1 Å². The molecule has 1 aromatic heterocycles. The minimum Gasteiger partial charge on any atom is -0.399 e. The van der Waals surface area contributed by atoms with Crippen molar-refractivity contribution in [1.82, 2.24) is 4.72 Å². The average Bonchev–Trinajstić information content (AvgIpc) is 2.85. The van der Waals surface area contributed by atoms with E-state index in [2.05, 4.69) is 4.72 Å². The van der Waals surface area contributed by atoms with Gasteiger partial charge >= 0.3 is 0 Å². The number of hydrogen-bond donors (Lipinski definition) is 2. The van der Waals surface area contributed by atoms with Crippen LogP contribution in [0, 0.1) is 6.92 Å². The van der Waals surface area contributed by atoms with Gasteiger partial charge in [0.1, 0.15) is 0 Å². The number of nitrogens with two attached hydrogens (primary N) is 1. The van der Waals surface area contributed by atoms with Gasteiger partial charge in [-0.2, -0.15) is 0 Å². The molecule has 0 amide bonds. The second-order valence-corrected chi connectivity index (χ2v) is 7.04. The van der Waals surface area contributed by atoms with Gasteiger partial charge in [-0.3, -0.25) is 0 Å². The SMILES string of the molecule is Cc1cc(S(=O)(=O)NCCc2cccs2)ccc1N. The molecule has 1 aromatic carbocycles. The van der Waals surface area contributed by atoms with Crippen LogP contribution < -0.4 is 10.5 Å². The molecule has 0 spiro atoms. The molecule has 0 radical (unpaired) electrons. The van der Waals surface area contributed by atoms with Gasteiger partial charge in [0.2, 0.25) is 10.0 Å². The van der Waals surface area contributed by atoms with Crippen molar-refractivity contribution in [2.45, 2.75) is 18.2 Å². The molecule has 0 saturated carbocycles. The van der Waals surface area contributed by atoms with Gasteiger partial charge in [0.05, 0.1) is 4.90 Å². The molecule has 6 heteroatoms. The van der Waals surface area contributed by atoms with Crippen LogP contribution in [0.15, 0.2) is 40.6 Å². The van der Waals surface area contributed by atoms with E-state index in [1.54, 1.807) is 30.4 Å². The molecule has 102 valence electrons. The smallest absolute Gasteiger partial charge is 0.240 e. The number of anilines is 1. The summed E-state index contributed by atoms with van der Waals surface area (Å²) in [5, 5.41) is 1.98. The third kappa shape index (κ3) is 3.56. The zero-order chi connectivity index (χ0) is 13.9. The quantitative estimate of drug-likeness (QED) is 0.831. The summed E-state index contributed by atoms with van der Waals surface area (Å²) >= 11 is 1.62. The van der Waals surface area contributed by atoms with Crippen molar-refractivity contribution in [3.05, 3.63) is 46.2 Å². The van der Waals surface area contributed by atoms with Crippen molar-refractivity contribution >= 4 is 27.0 Å². The van der Waals surface area contributed by atoms with Crippen molar-refractivity contribution in [2.75, 3.05) is 12.3 Å². The summed E-state index contributed by atoms with van der Waals surface area (Å²) in [6.45, 7) is 2.19. The standard InChI is InChI=1S/C13H16N2O2S2/c1-10-9-12(4-5-13(10)14)19(16,17)15-7-6-11-3-2-8-18-11/h2-5,8-9,15H,6-7,14H2,1H3. The maximum atomic E-state index is 12.1. The van der Waals surface area contributed by atoms with Crippen LogP contribution in [0.2, 0.25) is 0 Å². The largest absolute Gasteiger partial charge is 0.399 e. The molecule has 4 nitrogen and oxygen atoms in total. The molecule has 0 unspecified atom stereocenters. The summed E-state index contributed by atoms with van der Waals surface area (Å²) < 4.78 is 26.7. The van der Waals surface area contributed by atoms with E-state index in [-0.39, 0.29) is 4.90 Å². The lowest BCUT2D eigenvalue weighted by atomic mass is 10.2. The van der Waals surface area contributed by atoms with Gasteiger partial charge in [0.15, 0.2) is 0 Å². The molecule has 0 aliphatic carbocycles. The summed E-state index contributed by atoms with van der Waals surface area (Å²) in [5.74, 6) is 0. The minimum absolute atomic E-state index is 0.255. The number of nitrogen functional groups attached to an aromatic ring is 1. The van der Waals surface area contributed by atoms with Crippen molar-refractivity contribution in [1.29, 1.82) is 0 Å². The summed E-state index contributed by atoms with van der Waals surface area (Å²) in [5.41, 5.74) is 7.04. The molecule has 0 saturated heterocycles. The van der Waals surface area contributed by atoms with Crippen molar-refractivity contribution in [3.63, 3.8) is 0 Å². The number of aryl methyl sites for hydroxylation is 1. The number of benzene rings is 1. The first-order valence-corrected chi connectivity index (χ1v) is 8.23. The number of nitrogens with one attached hydrogen (secondary N) is 1. The van der Waals surface area contributed by atoms with Crippen molar-refractivity contribution in [2.24, 2.45) is 0 Å². The van der Waals surface area contributed by atoms with Crippen LogP contribution in [-0.2, 0) is 16.4 Å². The van der Waals surface area contributed by atoms with Crippen molar-refractivity contribution in [3.8, 4) is 0 Å². The highest BCUT2D eigenvalue weighted by Gasteiger charge is 2.14. The predicted molar refractivity (Wildman–Crippen MR) is 78.8 cm³/mol. The fraction of sp³-hybridized carbons (Fsp3) is 0.231.